The van der Waals surface area contributed by atoms with E-state index >= 15 is 0 Å². The van der Waals surface area contributed by atoms with E-state index in [1.54, 1.807) is 4.68 Å². The summed E-state index contributed by atoms with van der Waals surface area (Å²) < 4.78 is 1.65. The number of benzene rings is 2. The molecule has 7 heteroatoms. The number of rotatable bonds is 6. The molecule has 2 aromatic carbocycles. The Balaban J connectivity index is 1.73. The Morgan fingerprint density at radius 1 is 1.16 bits per heavy atom. The molecule has 0 spiro atoms. The molecule has 0 saturated carbocycles. The average molecular weight is 353 g/mol. The lowest BCUT2D eigenvalue weighted by molar-refractivity contribution is -0.115. The number of tetrazole rings is 1. The Labute approximate surface area is 150 Å². The van der Waals surface area contributed by atoms with Crippen LogP contribution in [-0.4, -0.2) is 31.4 Å². The molecule has 1 aromatic heterocycles. The van der Waals surface area contributed by atoms with Crippen molar-refractivity contribution in [3.63, 3.8) is 0 Å². The van der Waals surface area contributed by atoms with Crippen molar-refractivity contribution in [1.29, 1.82) is 0 Å². The van der Waals surface area contributed by atoms with Crippen LogP contribution in [0, 0.1) is 6.92 Å². The fourth-order valence-corrected chi connectivity index (χ4v) is 3.21. The number of hydrogen-bond donors (Lipinski definition) is 1. The van der Waals surface area contributed by atoms with Crippen LogP contribution in [0.25, 0.3) is 5.69 Å². The lowest BCUT2D eigenvalue weighted by Crippen LogP contribution is -2.25. The van der Waals surface area contributed by atoms with Gasteiger partial charge >= 0.3 is 0 Å². The van der Waals surface area contributed by atoms with Crippen LogP contribution in [0.4, 0.5) is 5.69 Å². The van der Waals surface area contributed by atoms with Gasteiger partial charge in [-0.15, -0.1) is 5.10 Å². The van der Waals surface area contributed by atoms with E-state index in [9.17, 15) is 4.79 Å². The maximum Gasteiger partial charge on any atom is 0.237 e. The number of nitrogens with zero attached hydrogens (tertiary/aromatic N) is 4. The van der Waals surface area contributed by atoms with E-state index in [2.05, 4.69) is 20.8 Å². The monoisotopic (exact) mass is 353 g/mol. The van der Waals surface area contributed by atoms with E-state index < -0.39 is 0 Å². The van der Waals surface area contributed by atoms with Crippen LogP contribution in [-0.2, 0) is 4.79 Å². The Morgan fingerprint density at radius 3 is 2.56 bits per heavy atom. The molecule has 0 unspecified atom stereocenters. The van der Waals surface area contributed by atoms with Crippen LogP contribution in [0.2, 0.25) is 0 Å². The van der Waals surface area contributed by atoms with Crippen LogP contribution < -0.4 is 5.32 Å². The fraction of sp³-hybridized carbons (Fsp3) is 0.222. The van der Waals surface area contributed by atoms with Gasteiger partial charge in [-0.3, -0.25) is 4.79 Å². The van der Waals surface area contributed by atoms with Crippen molar-refractivity contribution in [2.45, 2.75) is 30.7 Å². The summed E-state index contributed by atoms with van der Waals surface area (Å²) in [6, 6.07) is 17.4. The average Bonchev–Trinajstić information content (AvgIpc) is 3.10. The fourth-order valence-electron chi connectivity index (χ4n) is 2.29. The number of para-hydroxylation sites is 1. The van der Waals surface area contributed by atoms with E-state index in [0.29, 0.717) is 11.6 Å². The highest BCUT2D eigenvalue weighted by Gasteiger charge is 2.22. The normalized spacial score (nSPS) is 11.9. The summed E-state index contributed by atoms with van der Waals surface area (Å²) in [5.41, 5.74) is 2.81. The van der Waals surface area contributed by atoms with Gasteiger partial charge in [0.05, 0.1) is 10.9 Å². The summed E-state index contributed by atoms with van der Waals surface area (Å²) in [6.07, 6.45) is 0.671. The molecule has 6 nitrogen and oxygen atoms in total. The largest absolute Gasteiger partial charge is 0.325 e. The highest BCUT2D eigenvalue weighted by atomic mass is 32.2. The standard InChI is InChI=1S/C18H19N5OS/c1-3-16(17(24)19-14-11-9-13(2)10-12-14)25-18-20-21-22-23(18)15-7-5-4-6-8-15/h4-12,16H,3H2,1-2H3,(H,19,24)/t16-/m1/s1. The first kappa shape index (κ1) is 17.2. The molecule has 0 aliphatic heterocycles. The molecule has 0 fully saturated rings. The van der Waals surface area contributed by atoms with Gasteiger partial charge in [-0.25, -0.2) is 0 Å². The van der Waals surface area contributed by atoms with Crippen LogP contribution in [0.5, 0.6) is 0 Å². The van der Waals surface area contributed by atoms with Crippen LogP contribution >= 0.6 is 11.8 Å². The zero-order chi connectivity index (χ0) is 17.6. The molecule has 1 atom stereocenters. The third-order valence-electron chi connectivity index (χ3n) is 3.67. The third-order valence-corrected chi connectivity index (χ3v) is 4.97. The summed E-state index contributed by atoms with van der Waals surface area (Å²) in [5.74, 6) is -0.0565. The van der Waals surface area contributed by atoms with Crippen molar-refractivity contribution >= 4 is 23.4 Å². The minimum absolute atomic E-state index is 0.0565. The Kier molecular flexibility index (Phi) is 5.45. The maximum absolute atomic E-state index is 12.6. The number of aryl methyl sites for hydroxylation is 1. The van der Waals surface area contributed by atoms with Crippen LogP contribution in [0.3, 0.4) is 0 Å². The first-order chi connectivity index (χ1) is 12.2. The van der Waals surface area contributed by atoms with Crippen molar-refractivity contribution in [2.24, 2.45) is 0 Å². The number of amides is 1. The molecular weight excluding hydrogens is 334 g/mol. The zero-order valence-electron chi connectivity index (χ0n) is 14.1. The second-order valence-electron chi connectivity index (χ2n) is 5.58. The summed E-state index contributed by atoms with van der Waals surface area (Å²) in [4.78, 5) is 12.6. The highest BCUT2D eigenvalue weighted by molar-refractivity contribution is 8.00. The van der Waals surface area contributed by atoms with Crippen molar-refractivity contribution in [1.82, 2.24) is 20.2 Å². The van der Waals surface area contributed by atoms with Crippen molar-refractivity contribution in [2.75, 3.05) is 5.32 Å². The van der Waals surface area contributed by atoms with Gasteiger partial charge in [0.1, 0.15) is 0 Å². The quantitative estimate of drug-likeness (QED) is 0.687. The lowest BCUT2D eigenvalue weighted by Gasteiger charge is -2.14. The molecule has 0 bridgehead atoms. The predicted octanol–water partition coefficient (Wildman–Crippen LogP) is 3.48. The molecular formula is C18H19N5OS. The first-order valence-corrected chi connectivity index (χ1v) is 8.93. The van der Waals surface area contributed by atoms with Gasteiger partial charge < -0.3 is 5.32 Å². The minimum atomic E-state index is -0.283. The predicted molar refractivity (Wildman–Crippen MR) is 98.9 cm³/mol. The number of carbonyl (C=O) groups is 1. The van der Waals surface area contributed by atoms with Crippen molar-refractivity contribution in [3.05, 3.63) is 60.2 Å². The number of thioether (sulfide) groups is 1. The molecule has 128 valence electrons. The van der Waals surface area contributed by atoms with Gasteiger partial charge in [-0.05, 0) is 48.0 Å². The Hall–Kier alpha value is -2.67. The number of hydrogen-bond acceptors (Lipinski definition) is 5. The minimum Gasteiger partial charge on any atom is -0.325 e. The topological polar surface area (TPSA) is 72.7 Å². The number of anilines is 1. The summed E-state index contributed by atoms with van der Waals surface area (Å²) >= 11 is 1.36. The SMILES string of the molecule is CC[C@@H](Sc1nnnn1-c1ccccc1)C(=O)Nc1ccc(C)cc1. The van der Waals surface area contributed by atoms with Crippen LogP contribution in [0.15, 0.2) is 59.8 Å². The van der Waals surface area contributed by atoms with Crippen molar-refractivity contribution in [3.8, 4) is 5.69 Å². The van der Waals surface area contributed by atoms with E-state index in [4.69, 9.17) is 0 Å². The summed E-state index contributed by atoms with van der Waals surface area (Å²) in [6.45, 7) is 3.99. The molecule has 1 amide bonds. The summed E-state index contributed by atoms with van der Waals surface area (Å²) in [7, 11) is 0. The maximum atomic E-state index is 12.6. The molecule has 0 saturated heterocycles. The molecule has 3 rings (SSSR count). The molecule has 25 heavy (non-hydrogen) atoms. The van der Waals surface area contributed by atoms with Gasteiger partial charge in [0.2, 0.25) is 11.1 Å². The highest BCUT2D eigenvalue weighted by Crippen LogP contribution is 2.26. The third kappa shape index (κ3) is 4.24. The van der Waals surface area contributed by atoms with Gasteiger partial charge in [-0.1, -0.05) is 54.6 Å². The molecule has 0 aliphatic carbocycles. The van der Waals surface area contributed by atoms with E-state index in [1.807, 2.05) is 68.4 Å². The Bertz CT molecular complexity index is 832. The van der Waals surface area contributed by atoms with Gasteiger partial charge in [0, 0.05) is 5.69 Å². The van der Waals surface area contributed by atoms with E-state index in [0.717, 1.165) is 16.9 Å². The Morgan fingerprint density at radius 2 is 1.88 bits per heavy atom. The second kappa shape index (κ2) is 7.94. The number of carbonyl (C=O) groups excluding carboxylic acids is 1. The molecule has 0 aliphatic rings. The van der Waals surface area contributed by atoms with E-state index in [-0.39, 0.29) is 11.2 Å². The smallest absolute Gasteiger partial charge is 0.237 e. The lowest BCUT2D eigenvalue weighted by atomic mass is 10.2. The molecule has 3 aromatic rings. The van der Waals surface area contributed by atoms with Crippen molar-refractivity contribution < 1.29 is 4.79 Å². The van der Waals surface area contributed by atoms with Crippen LogP contribution in [0.1, 0.15) is 18.9 Å². The zero-order valence-corrected chi connectivity index (χ0v) is 14.9. The number of aromatic nitrogens is 4. The molecule has 1 N–H and O–H groups in total. The second-order valence-corrected chi connectivity index (χ2v) is 6.75. The number of nitrogens with one attached hydrogen (secondary N) is 1. The van der Waals surface area contributed by atoms with Gasteiger partial charge in [0.15, 0.2) is 0 Å². The first-order valence-electron chi connectivity index (χ1n) is 8.05. The summed E-state index contributed by atoms with van der Waals surface area (Å²) in [5, 5.41) is 15.1. The van der Waals surface area contributed by atoms with E-state index in [1.165, 1.54) is 11.8 Å². The molecule has 0 radical (unpaired) electrons. The van der Waals surface area contributed by atoms with Gasteiger partial charge in [0.25, 0.3) is 0 Å². The van der Waals surface area contributed by atoms with Gasteiger partial charge in [-0.2, -0.15) is 4.68 Å². The molecule has 1 heterocycles.